The van der Waals surface area contributed by atoms with Crippen LogP contribution in [-0.2, 0) is 12.8 Å². The van der Waals surface area contributed by atoms with Crippen molar-refractivity contribution < 1.29 is 4.39 Å². The molecule has 0 fully saturated rings. The lowest BCUT2D eigenvalue weighted by Gasteiger charge is -2.23. The quantitative estimate of drug-likeness (QED) is 0.913. The number of nitrogens with one attached hydrogen (secondary N) is 1. The number of nitrogens with zero attached hydrogens (tertiary/aromatic N) is 1. The molecule has 1 aliphatic carbocycles. The molecule has 1 aliphatic rings. The summed E-state index contributed by atoms with van der Waals surface area (Å²) in [4.78, 5) is 3.96. The summed E-state index contributed by atoms with van der Waals surface area (Å²) >= 11 is 0. The molecule has 2 nitrogen and oxygen atoms in total. The fourth-order valence-electron chi connectivity index (χ4n) is 3.10. The second kappa shape index (κ2) is 5.10. The fourth-order valence-corrected chi connectivity index (χ4v) is 3.10. The van der Waals surface area contributed by atoms with Crippen LogP contribution in [0.2, 0.25) is 0 Å². The zero-order chi connectivity index (χ0) is 13.2. The van der Waals surface area contributed by atoms with Gasteiger partial charge in [0.15, 0.2) is 0 Å². The molecule has 0 radical (unpaired) electrons. The average Bonchev–Trinajstić information content (AvgIpc) is 2.83. The van der Waals surface area contributed by atoms with E-state index >= 15 is 0 Å². The maximum Gasteiger partial charge on any atom is 0.141 e. The van der Waals surface area contributed by atoms with E-state index in [-0.39, 0.29) is 11.9 Å². The Hall–Kier alpha value is -1.74. The summed E-state index contributed by atoms with van der Waals surface area (Å²) in [6.07, 6.45) is 5.09. The van der Waals surface area contributed by atoms with Crippen molar-refractivity contribution in [3.8, 4) is 0 Å². The van der Waals surface area contributed by atoms with Crippen LogP contribution >= 0.6 is 0 Å². The molecule has 0 amide bonds. The van der Waals surface area contributed by atoms with Gasteiger partial charge in [-0.25, -0.2) is 4.39 Å². The first-order valence-corrected chi connectivity index (χ1v) is 6.62. The van der Waals surface area contributed by atoms with E-state index in [1.165, 1.54) is 17.3 Å². The number of benzene rings is 1. The van der Waals surface area contributed by atoms with Gasteiger partial charge in [0.05, 0.1) is 6.20 Å². The largest absolute Gasteiger partial charge is 0.313 e. The summed E-state index contributed by atoms with van der Waals surface area (Å²) < 4.78 is 13.3. The van der Waals surface area contributed by atoms with Crippen molar-refractivity contribution in [1.29, 1.82) is 0 Å². The first kappa shape index (κ1) is 12.3. The SMILES string of the molecule is CNC(c1cncc(F)c1)C1Cc2ccccc2C1. The lowest BCUT2D eigenvalue weighted by molar-refractivity contribution is 0.394. The smallest absolute Gasteiger partial charge is 0.141 e. The summed E-state index contributed by atoms with van der Waals surface area (Å²) in [6.45, 7) is 0. The lowest BCUT2D eigenvalue weighted by Crippen LogP contribution is -2.26. The standard InChI is InChI=1S/C16H17FN2/c1-18-16(14-8-15(17)10-19-9-14)13-6-11-4-2-3-5-12(11)7-13/h2-5,8-10,13,16,18H,6-7H2,1H3. The van der Waals surface area contributed by atoms with Gasteiger partial charge in [-0.15, -0.1) is 0 Å². The number of rotatable bonds is 3. The summed E-state index contributed by atoms with van der Waals surface area (Å²) in [5.74, 6) is 0.194. The molecule has 3 heteroatoms. The van der Waals surface area contributed by atoms with Crippen molar-refractivity contribution in [3.63, 3.8) is 0 Å². The van der Waals surface area contributed by atoms with Gasteiger partial charge < -0.3 is 5.32 Å². The molecular weight excluding hydrogens is 239 g/mol. The molecule has 19 heavy (non-hydrogen) atoms. The number of pyridine rings is 1. The van der Waals surface area contributed by atoms with Crippen LogP contribution in [0.25, 0.3) is 0 Å². The van der Waals surface area contributed by atoms with Gasteiger partial charge in [0, 0.05) is 12.2 Å². The molecule has 0 saturated heterocycles. The predicted octanol–water partition coefficient (Wildman–Crippen LogP) is 2.90. The number of hydrogen-bond acceptors (Lipinski definition) is 2. The van der Waals surface area contributed by atoms with E-state index in [9.17, 15) is 4.39 Å². The van der Waals surface area contributed by atoms with Crippen LogP contribution in [0.1, 0.15) is 22.7 Å². The second-order valence-corrected chi connectivity index (χ2v) is 5.14. The predicted molar refractivity (Wildman–Crippen MR) is 73.3 cm³/mol. The van der Waals surface area contributed by atoms with Gasteiger partial charge in [-0.3, -0.25) is 4.98 Å². The average molecular weight is 256 g/mol. The maximum absolute atomic E-state index is 13.3. The van der Waals surface area contributed by atoms with E-state index in [1.54, 1.807) is 12.3 Å². The third-order valence-electron chi connectivity index (χ3n) is 3.95. The van der Waals surface area contributed by atoms with Crippen molar-refractivity contribution in [3.05, 3.63) is 65.2 Å². The molecule has 1 aromatic carbocycles. The van der Waals surface area contributed by atoms with Crippen molar-refractivity contribution in [2.75, 3.05) is 7.05 Å². The molecule has 2 aromatic rings. The zero-order valence-corrected chi connectivity index (χ0v) is 10.9. The van der Waals surface area contributed by atoms with Gasteiger partial charge in [0.1, 0.15) is 5.82 Å². The third-order valence-corrected chi connectivity index (χ3v) is 3.95. The van der Waals surface area contributed by atoms with E-state index in [1.807, 2.05) is 7.05 Å². The van der Waals surface area contributed by atoms with E-state index in [2.05, 4.69) is 34.6 Å². The first-order valence-electron chi connectivity index (χ1n) is 6.62. The molecule has 1 heterocycles. The minimum atomic E-state index is -0.270. The van der Waals surface area contributed by atoms with Gasteiger partial charge in [0.2, 0.25) is 0 Å². The first-order chi connectivity index (χ1) is 9.28. The minimum Gasteiger partial charge on any atom is -0.313 e. The summed E-state index contributed by atoms with van der Waals surface area (Å²) in [5.41, 5.74) is 3.76. The molecule has 3 rings (SSSR count). The molecule has 0 aliphatic heterocycles. The van der Waals surface area contributed by atoms with Crippen molar-refractivity contribution in [2.45, 2.75) is 18.9 Å². The highest BCUT2D eigenvalue weighted by molar-refractivity contribution is 5.33. The molecule has 1 atom stereocenters. The molecule has 1 N–H and O–H groups in total. The molecule has 0 bridgehead atoms. The second-order valence-electron chi connectivity index (χ2n) is 5.14. The Labute approximate surface area is 112 Å². The maximum atomic E-state index is 13.3. The normalized spacial score (nSPS) is 16.3. The Balaban J connectivity index is 1.86. The van der Waals surface area contributed by atoms with E-state index in [0.29, 0.717) is 5.92 Å². The molecule has 98 valence electrons. The monoisotopic (exact) mass is 256 g/mol. The van der Waals surface area contributed by atoms with Gasteiger partial charge in [-0.1, -0.05) is 24.3 Å². The summed E-state index contributed by atoms with van der Waals surface area (Å²) in [5, 5.41) is 3.32. The molecule has 1 aromatic heterocycles. The van der Waals surface area contributed by atoms with E-state index in [0.717, 1.165) is 18.4 Å². The Bertz CT molecular complexity index is 557. The fraction of sp³-hybridized carbons (Fsp3) is 0.312. The van der Waals surface area contributed by atoms with Gasteiger partial charge in [-0.2, -0.15) is 0 Å². The number of hydrogen-bond donors (Lipinski definition) is 1. The summed E-state index contributed by atoms with van der Waals surface area (Å²) in [7, 11) is 1.93. The minimum absolute atomic E-state index is 0.149. The molecule has 1 unspecified atom stereocenters. The Morgan fingerprint density at radius 2 is 1.89 bits per heavy atom. The van der Waals surface area contributed by atoms with Crippen molar-refractivity contribution >= 4 is 0 Å². The Kier molecular flexibility index (Phi) is 3.30. The van der Waals surface area contributed by atoms with Crippen LogP contribution in [-0.4, -0.2) is 12.0 Å². The number of halogens is 1. The molecular formula is C16H17FN2. The van der Waals surface area contributed by atoms with Crippen LogP contribution in [0.5, 0.6) is 0 Å². The molecule has 0 saturated carbocycles. The van der Waals surface area contributed by atoms with Gasteiger partial charge in [0.25, 0.3) is 0 Å². The Morgan fingerprint density at radius 1 is 1.21 bits per heavy atom. The van der Waals surface area contributed by atoms with Crippen molar-refractivity contribution in [1.82, 2.24) is 10.3 Å². The Morgan fingerprint density at radius 3 is 2.47 bits per heavy atom. The van der Waals surface area contributed by atoms with Crippen LogP contribution in [0.15, 0.2) is 42.7 Å². The highest BCUT2D eigenvalue weighted by Gasteiger charge is 2.28. The van der Waals surface area contributed by atoms with E-state index < -0.39 is 0 Å². The zero-order valence-electron chi connectivity index (χ0n) is 10.9. The third kappa shape index (κ3) is 2.38. The highest BCUT2D eigenvalue weighted by atomic mass is 19.1. The van der Waals surface area contributed by atoms with Crippen LogP contribution < -0.4 is 5.32 Å². The number of fused-ring (bicyclic) bond motifs is 1. The van der Waals surface area contributed by atoms with Crippen LogP contribution in [0.3, 0.4) is 0 Å². The van der Waals surface area contributed by atoms with E-state index in [4.69, 9.17) is 0 Å². The van der Waals surface area contributed by atoms with Gasteiger partial charge >= 0.3 is 0 Å². The van der Waals surface area contributed by atoms with Crippen molar-refractivity contribution in [2.24, 2.45) is 5.92 Å². The van der Waals surface area contributed by atoms with Crippen LogP contribution in [0, 0.1) is 11.7 Å². The number of aromatic nitrogens is 1. The van der Waals surface area contributed by atoms with Crippen LogP contribution in [0.4, 0.5) is 4.39 Å². The lowest BCUT2D eigenvalue weighted by atomic mass is 9.91. The molecule has 0 spiro atoms. The van der Waals surface area contributed by atoms with Gasteiger partial charge in [-0.05, 0) is 48.6 Å². The summed E-state index contributed by atoms with van der Waals surface area (Å²) in [6, 6.07) is 10.3. The highest BCUT2D eigenvalue weighted by Crippen LogP contribution is 2.34. The topological polar surface area (TPSA) is 24.9 Å².